The van der Waals surface area contributed by atoms with E-state index in [0.29, 0.717) is 29.0 Å². The van der Waals surface area contributed by atoms with Crippen molar-refractivity contribution in [2.24, 2.45) is 0 Å². The second kappa shape index (κ2) is 4.69. The van der Waals surface area contributed by atoms with Gasteiger partial charge in [0, 0.05) is 4.88 Å². The SMILES string of the molecule is CCOC(=O)c1c(N)sc2c1C(C)CCC2C. The number of nitrogens with two attached hydrogens (primary N) is 1. The van der Waals surface area contributed by atoms with E-state index in [-0.39, 0.29) is 5.97 Å². The fraction of sp³-hybridized carbons (Fsp3) is 0.615. The molecule has 2 rings (SSSR count). The van der Waals surface area contributed by atoms with Crippen molar-refractivity contribution in [1.29, 1.82) is 0 Å². The lowest BCUT2D eigenvalue weighted by Crippen LogP contribution is -2.14. The molecule has 0 bridgehead atoms. The fourth-order valence-corrected chi connectivity index (χ4v) is 3.79. The molecule has 0 saturated heterocycles. The Balaban J connectivity index is 2.49. The van der Waals surface area contributed by atoms with Crippen molar-refractivity contribution >= 4 is 22.3 Å². The second-order valence-electron chi connectivity index (χ2n) is 4.72. The molecule has 94 valence electrons. The van der Waals surface area contributed by atoms with Gasteiger partial charge in [0.05, 0.1) is 12.2 Å². The molecule has 0 fully saturated rings. The number of hydrogen-bond acceptors (Lipinski definition) is 4. The monoisotopic (exact) mass is 253 g/mol. The van der Waals surface area contributed by atoms with E-state index in [0.717, 1.165) is 12.0 Å². The molecule has 0 radical (unpaired) electrons. The molecule has 2 unspecified atom stereocenters. The maximum atomic E-state index is 12.0. The Bertz CT molecular complexity index is 439. The van der Waals surface area contributed by atoms with E-state index in [2.05, 4.69) is 13.8 Å². The molecule has 0 amide bonds. The van der Waals surface area contributed by atoms with E-state index >= 15 is 0 Å². The third-order valence-corrected chi connectivity index (χ3v) is 4.72. The predicted molar refractivity (Wildman–Crippen MR) is 70.8 cm³/mol. The van der Waals surface area contributed by atoms with Crippen LogP contribution in [-0.4, -0.2) is 12.6 Å². The summed E-state index contributed by atoms with van der Waals surface area (Å²) < 4.78 is 5.10. The van der Waals surface area contributed by atoms with Crippen LogP contribution in [0.25, 0.3) is 0 Å². The van der Waals surface area contributed by atoms with Crippen LogP contribution in [0.15, 0.2) is 0 Å². The lowest BCUT2D eigenvalue weighted by molar-refractivity contribution is 0.0526. The molecule has 0 spiro atoms. The summed E-state index contributed by atoms with van der Waals surface area (Å²) in [7, 11) is 0. The molecule has 3 nitrogen and oxygen atoms in total. The van der Waals surface area contributed by atoms with Crippen molar-refractivity contribution in [1.82, 2.24) is 0 Å². The summed E-state index contributed by atoms with van der Waals surface area (Å²) in [5.74, 6) is 0.661. The van der Waals surface area contributed by atoms with Crippen molar-refractivity contribution in [3.63, 3.8) is 0 Å². The summed E-state index contributed by atoms with van der Waals surface area (Å²) in [5.41, 5.74) is 7.77. The van der Waals surface area contributed by atoms with Gasteiger partial charge < -0.3 is 10.5 Å². The lowest BCUT2D eigenvalue weighted by atomic mass is 9.81. The van der Waals surface area contributed by atoms with Crippen LogP contribution in [0.3, 0.4) is 0 Å². The first-order valence-corrected chi connectivity index (χ1v) is 6.97. The van der Waals surface area contributed by atoms with E-state index in [1.807, 2.05) is 6.92 Å². The fourth-order valence-electron chi connectivity index (χ4n) is 2.52. The number of thiophene rings is 1. The van der Waals surface area contributed by atoms with Gasteiger partial charge in [-0.2, -0.15) is 0 Å². The summed E-state index contributed by atoms with van der Waals surface area (Å²) in [6, 6.07) is 0. The number of rotatable bonds is 2. The first kappa shape index (κ1) is 12.4. The zero-order chi connectivity index (χ0) is 12.6. The highest BCUT2D eigenvalue weighted by atomic mass is 32.1. The first-order chi connectivity index (χ1) is 8.06. The van der Waals surface area contributed by atoms with Gasteiger partial charge in [0.2, 0.25) is 0 Å². The van der Waals surface area contributed by atoms with Crippen LogP contribution in [-0.2, 0) is 4.74 Å². The topological polar surface area (TPSA) is 52.3 Å². The van der Waals surface area contributed by atoms with Crippen molar-refractivity contribution < 1.29 is 9.53 Å². The average molecular weight is 253 g/mol. The summed E-state index contributed by atoms with van der Waals surface area (Å²) in [5, 5.41) is 0.619. The molecule has 4 heteroatoms. The quantitative estimate of drug-likeness (QED) is 0.821. The highest BCUT2D eigenvalue weighted by Crippen LogP contribution is 2.47. The molecule has 17 heavy (non-hydrogen) atoms. The molecule has 0 saturated carbocycles. The molecular formula is C13H19NO2S. The summed E-state index contributed by atoms with van der Waals surface area (Å²) in [6.07, 6.45) is 2.30. The van der Waals surface area contributed by atoms with Crippen molar-refractivity contribution in [3.8, 4) is 0 Å². The number of nitrogen functional groups attached to an aromatic ring is 1. The van der Waals surface area contributed by atoms with Crippen LogP contribution in [0.2, 0.25) is 0 Å². The number of fused-ring (bicyclic) bond motifs is 1. The minimum Gasteiger partial charge on any atom is -0.462 e. The van der Waals surface area contributed by atoms with Gasteiger partial charge >= 0.3 is 5.97 Å². The lowest BCUT2D eigenvalue weighted by Gasteiger charge is -2.24. The van der Waals surface area contributed by atoms with Crippen molar-refractivity contribution in [2.45, 2.75) is 45.4 Å². The number of anilines is 1. The van der Waals surface area contributed by atoms with Gasteiger partial charge in [-0.3, -0.25) is 0 Å². The van der Waals surface area contributed by atoms with Gasteiger partial charge in [-0.15, -0.1) is 11.3 Å². The van der Waals surface area contributed by atoms with Crippen molar-refractivity contribution in [3.05, 3.63) is 16.0 Å². The Labute approximate surface area is 106 Å². The van der Waals surface area contributed by atoms with Gasteiger partial charge in [0.1, 0.15) is 5.00 Å². The molecule has 2 atom stereocenters. The highest BCUT2D eigenvalue weighted by molar-refractivity contribution is 7.16. The molecule has 1 heterocycles. The molecule has 1 aromatic rings. The molecule has 1 aliphatic rings. The van der Waals surface area contributed by atoms with Crippen LogP contribution >= 0.6 is 11.3 Å². The van der Waals surface area contributed by atoms with Gasteiger partial charge in [0.25, 0.3) is 0 Å². The predicted octanol–water partition coefficient (Wildman–Crippen LogP) is 3.51. The molecule has 1 aromatic heterocycles. The molecule has 0 aliphatic heterocycles. The van der Waals surface area contributed by atoms with Crippen LogP contribution in [0.1, 0.15) is 66.2 Å². The van der Waals surface area contributed by atoms with Crippen LogP contribution < -0.4 is 5.73 Å². The minimum atomic E-state index is -0.261. The van der Waals surface area contributed by atoms with E-state index < -0.39 is 0 Å². The molecule has 1 aliphatic carbocycles. The maximum Gasteiger partial charge on any atom is 0.341 e. The third-order valence-electron chi connectivity index (χ3n) is 3.45. The average Bonchev–Trinajstić information content (AvgIpc) is 2.63. The Morgan fingerprint density at radius 3 is 2.71 bits per heavy atom. The number of carbonyl (C=O) groups is 1. The summed E-state index contributed by atoms with van der Waals surface area (Å²) >= 11 is 1.56. The zero-order valence-electron chi connectivity index (χ0n) is 10.6. The van der Waals surface area contributed by atoms with E-state index in [1.54, 1.807) is 11.3 Å². The Morgan fingerprint density at radius 2 is 2.06 bits per heavy atom. The largest absolute Gasteiger partial charge is 0.462 e. The van der Waals surface area contributed by atoms with Gasteiger partial charge in [0.15, 0.2) is 0 Å². The smallest absolute Gasteiger partial charge is 0.341 e. The van der Waals surface area contributed by atoms with E-state index in [4.69, 9.17) is 10.5 Å². The summed E-state index contributed by atoms with van der Waals surface area (Å²) in [4.78, 5) is 13.2. The minimum absolute atomic E-state index is 0.261. The van der Waals surface area contributed by atoms with Gasteiger partial charge in [-0.25, -0.2) is 4.79 Å². The van der Waals surface area contributed by atoms with E-state index in [1.165, 1.54) is 11.3 Å². The number of ether oxygens (including phenoxy) is 1. The molecule has 2 N–H and O–H groups in total. The Hall–Kier alpha value is -1.03. The zero-order valence-corrected chi connectivity index (χ0v) is 11.4. The Kier molecular flexibility index (Phi) is 3.43. The van der Waals surface area contributed by atoms with E-state index in [9.17, 15) is 4.79 Å². The second-order valence-corrected chi connectivity index (χ2v) is 5.80. The normalized spacial score (nSPS) is 23.2. The van der Waals surface area contributed by atoms with Gasteiger partial charge in [-0.05, 0) is 37.2 Å². The third kappa shape index (κ3) is 2.06. The number of hydrogen-bond donors (Lipinski definition) is 1. The van der Waals surface area contributed by atoms with Crippen molar-refractivity contribution in [2.75, 3.05) is 12.3 Å². The standard InChI is InChI=1S/C13H19NO2S/c1-4-16-13(15)10-9-7(2)5-6-8(3)11(9)17-12(10)14/h7-8H,4-6,14H2,1-3H3. The van der Waals surface area contributed by atoms with Gasteiger partial charge in [-0.1, -0.05) is 13.8 Å². The number of esters is 1. The summed E-state index contributed by atoms with van der Waals surface area (Å²) in [6.45, 7) is 6.58. The maximum absolute atomic E-state index is 12.0. The first-order valence-electron chi connectivity index (χ1n) is 6.15. The van der Waals surface area contributed by atoms with Crippen LogP contribution in [0.4, 0.5) is 5.00 Å². The highest BCUT2D eigenvalue weighted by Gasteiger charge is 2.32. The number of carbonyl (C=O) groups excluding carboxylic acids is 1. The van der Waals surface area contributed by atoms with Crippen LogP contribution in [0.5, 0.6) is 0 Å². The van der Waals surface area contributed by atoms with Crippen LogP contribution in [0, 0.1) is 0 Å². The molecular weight excluding hydrogens is 234 g/mol. The molecule has 0 aromatic carbocycles. The Morgan fingerprint density at radius 1 is 1.41 bits per heavy atom.